The summed E-state index contributed by atoms with van der Waals surface area (Å²) in [5.74, 6) is -0.826. The van der Waals surface area contributed by atoms with Gasteiger partial charge in [-0.15, -0.1) is 0 Å². The van der Waals surface area contributed by atoms with E-state index in [0.29, 0.717) is 38.6 Å². The zero-order valence-corrected chi connectivity index (χ0v) is 13.3. The number of carboxylic acid groups (broad SMARTS) is 1. The zero-order chi connectivity index (χ0) is 16.4. The molecule has 5 nitrogen and oxygen atoms in total. The van der Waals surface area contributed by atoms with Crippen LogP contribution in [0.2, 0.25) is 0 Å². The van der Waals surface area contributed by atoms with Crippen molar-refractivity contribution >= 4 is 5.97 Å². The molecule has 1 N–H and O–H groups in total. The number of aliphatic carboxylic acids is 1. The topological polar surface area (TPSA) is 59.0 Å². The van der Waals surface area contributed by atoms with E-state index >= 15 is 0 Å². The standard InChI is InChI=1S/C17H22FNO4/c1-22-15-3-2-13(18)8-12(15)9-19-10-14(16(20)21)17(11-19)4-6-23-7-5-17/h2-3,8,14H,4-7,9-11H2,1H3,(H,20,21). The molecule has 0 radical (unpaired) electrons. The van der Waals surface area contributed by atoms with Crippen LogP contribution in [0.25, 0.3) is 0 Å². The van der Waals surface area contributed by atoms with Crippen LogP contribution in [0, 0.1) is 17.2 Å². The van der Waals surface area contributed by atoms with Crippen LogP contribution in [0.4, 0.5) is 4.39 Å². The molecule has 6 heteroatoms. The van der Waals surface area contributed by atoms with Crippen molar-refractivity contribution in [3.8, 4) is 5.75 Å². The van der Waals surface area contributed by atoms with Gasteiger partial charge in [-0.25, -0.2) is 4.39 Å². The molecule has 3 rings (SSSR count). The summed E-state index contributed by atoms with van der Waals surface area (Å²) in [6, 6.07) is 4.44. The molecule has 1 aromatic carbocycles. The second-order valence-corrected chi connectivity index (χ2v) is 6.49. The van der Waals surface area contributed by atoms with E-state index in [-0.39, 0.29) is 11.2 Å². The third-order valence-corrected chi connectivity index (χ3v) is 5.14. The van der Waals surface area contributed by atoms with Crippen LogP contribution >= 0.6 is 0 Å². The number of ether oxygens (including phenoxy) is 2. The van der Waals surface area contributed by atoms with Crippen molar-refractivity contribution < 1.29 is 23.8 Å². The third-order valence-electron chi connectivity index (χ3n) is 5.14. The lowest BCUT2D eigenvalue weighted by atomic mass is 9.72. The molecule has 23 heavy (non-hydrogen) atoms. The maximum atomic E-state index is 13.5. The van der Waals surface area contributed by atoms with E-state index in [9.17, 15) is 14.3 Å². The van der Waals surface area contributed by atoms with Gasteiger partial charge in [-0.3, -0.25) is 9.69 Å². The fourth-order valence-corrected chi connectivity index (χ4v) is 3.93. The number of carboxylic acids is 1. The molecule has 0 amide bonds. The summed E-state index contributed by atoms with van der Waals surface area (Å²) in [6.07, 6.45) is 1.53. The van der Waals surface area contributed by atoms with Gasteiger partial charge in [-0.1, -0.05) is 0 Å². The largest absolute Gasteiger partial charge is 0.496 e. The van der Waals surface area contributed by atoms with E-state index in [1.54, 1.807) is 13.2 Å². The van der Waals surface area contributed by atoms with Gasteiger partial charge < -0.3 is 14.6 Å². The maximum absolute atomic E-state index is 13.5. The van der Waals surface area contributed by atoms with Gasteiger partial charge in [0.25, 0.3) is 0 Å². The Hall–Kier alpha value is -1.66. The summed E-state index contributed by atoms with van der Waals surface area (Å²) in [5.41, 5.74) is 0.519. The van der Waals surface area contributed by atoms with Crippen LogP contribution in [0.15, 0.2) is 18.2 Å². The Morgan fingerprint density at radius 3 is 2.87 bits per heavy atom. The Labute approximate surface area is 135 Å². The Morgan fingerprint density at radius 2 is 2.22 bits per heavy atom. The molecule has 2 aliphatic rings. The van der Waals surface area contributed by atoms with E-state index in [1.165, 1.54) is 12.1 Å². The molecule has 1 atom stereocenters. The summed E-state index contributed by atoms with van der Waals surface area (Å²) in [7, 11) is 1.56. The smallest absolute Gasteiger partial charge is 0.308 e. The molecule has 0 aliphatic carbocycles. The maximum Gasteiger partial charge on any atom is 0.308 e. The molecule has 126 valence electrons. The van der Waals surface area contributed by atoms with Crippen LogP contribution < -0.4 is 4.74 Å². The van der Waals surface area contributed by atoms with E-state index < -0.39 is 11.9 Å². The molecule has 2 aliphatic heterocycles. The molecule has 1 unspecified atom stereocenters. The molecule has 0 bridgehead atoms. The van der Waals surface area contributed by atoms with E-state index in [2.05, 4.69) is 4.90 Å². The van der Waals surface area contributed by atoms with Crippen molar-refractivity contribution in [2.24, 2.45) is 11.3 Å². The summed E-state index contributed by atoms with van der Waals surface area (Å²) in [6.45, 7) is 2.90. The number of hydrogen-bond acceptors (Lipinski definition) is 4. The molecule has 0 aromatic heterocycles. The molecular weight excluding hydrogens is 301 g/mol. The zero-order valence-electron chi connectivity index (χ0n) is 13.3. The van der Waals surface area contributed by atoms with Gasteiger partial charge in [-0.2, -0.15) is 0 Å². The van der Waals surface area contributed by atoms with Crippen LogP contribution in [0.3, 0.4) is 0 Å². The van der Waals surface area contributed by atoms with Gasteiger partial charge in [0.05, 0.1) is 13.0 Å². The van der Waals surface area contributed by atoms with Crippen molar-refractivity contribution in [2.45, 2.75) is 19.4 Å². The first kappa shape index (κ1) is 16.2. The van der Waals surface area contributed by atoms with Crippen molar-refractivity contribution in [1.29, 1.82) is 0 Å². The highest BCUT2D eigenvalue weighted by Gasteiger charge is 2.50. The van der Waals surface area contributed by atoms with E-state index in [0.717, 1.165) is 18.4 Å². The monoisotopic (exact) mass is 323 g/mol. The van der Waals surface area contributed by atoms with Gasteiger partial charge in [0.15, 0.2) is 0 Å². The minimum Gasteiger partial charge on any atom is -0.496 e. The Balaban J connectivity index is 1.80. The van der Waals surface area contributed by atoms with Crippen molar-refractivity contribution in [3.05, 3.63) is 29.6 Å². The normalized spacial score (nSPS) is 24.0. The number of likely N-dealkylation sites (tertiary alicyclic amines) is 1. The average molecular weight is 323 g/mol. The summed E-state index contributed by atoms with van der Waals surface area (Å²) in [5, 5.41) is 9.61. The lowest BCUT2D eigenvalue weighted by Crippen LogP contribution is -2.40. The van der Waals surface area contributed by atoms with E-state index in [1.807, 2.05) is 0 Å². The van der Waals surface area contributed by atoms with Crippen molar-refractivity contribution in [2.75, 3.05) is 33.4 Å². The van der Waals surface area contributed by atoms with Crippen molar-refractivity contribution in [3.63, 3.8) is 0 Å². The predicted octanol–water partition coefficient (Wildman–Crippen LogP) is 2.15. The highest BCUT2D eigenvalue weighted by molar-refractivity contribution is 5.72. The number of halogens is 1. The Bertz CT molecular complexity index is 586. The predicted molar refractivity (Wildman–Crippen MR) is 81.8 cm³/mol. The number of rotatable bonds is 4. The molecule has 0 saturated carbocycles. The number of methoxy groups -OCH3 is 1. The molecule has 2 saturated heterocycles. The minimum absolute atomic E-state index is 0.232. The Morgan fingerprint density at radius 1 is 1.48 bits per heavy atom. The second-order valence-electron chi connectivity index (χ2n) is 6.49. The molecule has 2 fully saturated rings. The summed E-state index contributed by atoms with van der Waals surface area (Å²) in [4.78, 5) is 13.8. The molecule has 1 spiro atoms. The number of nitrogens with zero attached hydrogens (tertiary/aromatic N) is 1. The molecule has 1 aromatic rings. The average Bonchev–Trinajstić information content (AvgIpc) is 2.86. The minimum atomic E-state index is -0.749. The van der Waals surface area contributed by atoms with Gasteiger partial charge in [-0.05, 0) is 31.0 Å². The van der Waals surface area contributed by atoms with Gasteiger partial charge >= 0.3 is 5.97 Å². The number of hydrogen-bond donors (Lipinski definition) is 1. The first-order valence-electron chi connectivity index (χ1n) is 7.89. The quantitative estimate of drug-likeness (QED) is 0.920. The SMILES string of the molecule is COc1ccc(F)cc1CN1CC(C(=O)O)C2(CCOCC2)C1. The van der Waals surface area contributed by atoms with Gasteiger partial charge in [0.1, 0.15) is 11.6 Å². The first-order chi connectivity index (χ1) is 11.0. The molecular formula is C17H22FNO4. The van der Waals surface area contributed by atoms with Crippen LogP contribution in [0.1, 0.15) is 18.4 Å². The fourth-order valence-electron chi connectivity index (χ4n) is 3.93. The highest BCUT2D eigenvalue weighted by Crippen LogP contribution is 2.45. The number of benzene rings is 1. The lowest BCUT2D eigenvalue weighted by Gasteiger charge is -2.36. The third kappa shape index (κ3) is 3.19. The van der Waals surface area contributed by atoms with Gasteiger partial charge in [0, 0.05) is 43.8 Å². The first-order valence-corrected chi connectivity index (χ1v) is 7.89. The highest BCUT2D eigenvalue weighted by atomic mass is 19.1. The Kier molecular flexibility index (Phi) is 4.55. The second kappa shape index (κ2) is 6.45. The van der Waals surface area contributed by atoms with Crippen LogP contribution in [-0.4, -0.2) is 49.4 Å². The van der Waals surface area contributed by atoms with Crippen LogP contribution in [-0.2, 0) is 16.1 Å². The fraction of sp³-hybridized carbons (Fsp3) is 0.588. The lowest BCUT2D eigenvalue weighted by molar-refractivity contribution is -0.147. The molecule has 2 heterocycles. The van der Waals surface area contributed by atoms with Crippen LogP contribution in [0.5, 0.6) is 5.75 Å². The summed E-state index contributed by atoms with van der Waals surface area (Å²) >= 11 is 0. The summed E-state index contributed by atoms with van der Waals surface area (Å²) < 4.78 is 24.2. The van der Waals surface area contributed by atoms with E-state index in [4.69, 9.17) is 9.47 Å². The van der Waals surface area contributed by atoms with Gasteiger partial charge in [0.2, 0.25) is 0 Å². The van der Waals surface area contributed by atoms with Crippen molar-refractivity contribution in [1.82, 2.24) is 4.90 Å². The number of carbonyl (C=O) groups is 1.